The molecule has 0 saturated carbocycles. The minimum absolute atomic E-state index is 0.169. The largest absolute Gasteiger partial charge is 0.497 e. The van der Waals surface area contributed by atoms with E-state index in [9.17, 15) is 9.59 Å². The Balaban J connectivity index is 2.04. The summed E-state index contributed by atoms with van der Waals surface area (Å²) < 4.78 is 18.1. The molecule has 8 heteroatoms. The van der Waals surface area contributed by atoms with E-state index in [1.807, 2.05) is 0 Å². The molecule has 0 radical (unpaired) electrons. The van der Waals surface area contributed by atoms with E-state index < -0.39 is 11.7 Å². The molecule has 0 aliphatic rings. The highest BCUT2D eigenvalue weighted by atomic mass is 16.6. The quantitative estimate of drug-likeness (QED) is 0.560. The minimum Gasteiger partial charge on any atom is -0.497 e. The van der Waals surface area contributed by atoms with Crippen molar-refractivity contribution >= 4 is 17.5 Å². The van der Waals surface area contributed by atoms with Crippen LogP contribution in [0.1, 0.15) is 20.8 Å². The van der Waals surface area contributed by atoms with Gasteiger partial charge in [0.25, 0.3) is 5.56 Å². The topological polar surface area (TPSA) is 96.0 Å². The van der Waals surface area contributed by atoms with Crippen LogP contribution < -0.4 is 25.7 Å². The van der Waals surface area contributed by atoms with Gasteiger partial charge in [0.05, 0.1) is 7.11 Å². The van der Waals surface area contributed by atoms with Gasteiger partial charge in [-0.2, -0.15) is 0 Å². The van der Waals surface area contributed by atoms with Crippen LogP contribution in [0.3, 0.4) is 0 Å². The van der Waals surface area contributed by atoms with Crippen LogP contribution >= 0.6 is 0 Å². The lowest BCUT2D eigenvalue weighted by molar-refractivity contribution is 0.0589. The number of nitrogen functional groups attached to an aromatic ring is 1. The maximum absolute atomic E-state index is 12.8. The number of hydrogen-bond acceptors (Lipinski definition) is 6. The molecule has 0 aliphatic heterocycles. The minimum atomic E-state index is -0.693. The molecule has 3 aromatic rings. The van der Waals surface area contributed by atoms with E-state index >= 15 is 0 Å². The van der Waals surface area contributed by atoms with Gasteiger partial charge in [0.15, 0.2) is 0 Å². The van der Waals surface area contributed by atoms with Crippen LogP contribution in [0.15, 0.2) is 59.5 Å². The van der Waals surface area contributed by atoms with Crippen molar-refractivity contribution in [2.75, 3.05) is 24.8 Å². The number of aryl methyl sites for hydroxylation is 1. The van der Waals surface area contributed by atoms with Gasteiger partial charge in [-0.25, -0.2) is 4.79 Å². The van der Waals surface area contributed by atoms with Crippen molar-refractivity contribution in [2.24, 2.45) is 7.05 Å². The highest BCUT2D eigenvalue weighted by molar-refractivity contribution is 5.88. The molecule has 0 spiro atoms. The van der Waals surface area contributed by atoms with Crippen molar-refractivity contribution in [2.45, 2.75) is 26.4 Å². The van der Waals surface area contributed by atoms with E-state index in [2.05, 4.69) is 0 Å². The third-order valence-corrected chi connectivity index (χ3v) is 4.79. The zero-order valence-corrected chi connectivity index (χ0v) is 19.7. The summed E-state index contributed by atoms with van der Waals surface area (Å²) in [6.45, 7) is 5.30. The first kappa shape index (κ1) is 23.7. The molecular formula is C25H29N3O5. The van der Waals surface area contributed by atoms with Gasteiger partial charge >= 0.3 is 6.09 Å². The summed E-state index contributed by atoms with van der Waals surface area (Å²) in [7, 11) is 4.72. The second-order valence-corrected chi connectivity index (χ2v) is 8.60. The first-order chi connectivity index (χ1) is 15.5. The molecule has 2 N–H and O–H groups in total. The van der Waals surface area contributed by atoms with Crippen LogP contribution in [0.25, 0.3) is 11.1 Å². The fraction of sp³-hybridized carbons (Fsp3) is 0.280. The standard InChI is InChI=1S/C25H29N3O5/c1-25(2,3)33-24(30)28(5)21-13-16(15-27(4)23(21)29)20-14-17(26)7-12-22(20)32-19-10-8-18(31-6)9-11-19/h7-15H,26H2,1-6H3. The summed E-state index contributed by atoms with van der Waals surface area (Å²) in [5, 5.41) is 0. The van der Waals surface area contributed by atoms with Gasteiger partial charge in [-0.05, 0) is 69.3 Å². The predicted molar refractivity (Wildman–Crippen MR) is 129 cm³/mol. The number of hydrogen-bond donors (Lipinski definition) is 1. The van der Waals surface area contributed by atoms with Crippen LogP contribution in [-0.4, -0.2) is 30.4 Å². The van der Waals surface area contributed by atoms with E-state index in [1.165, 1.54) is 16.5 Å². The second-order valence-electron chi connectivity index (χ2n) is 8.60. The third-order valence-electron chi connectivity index (χ3n) is 4.79. The van der Waals surface area contributed by atoms with Crippen molar-refractivity contribution in [1.29, 1.82) is 0 Å². The van der Waals surface area contributed by atoms with Gasteiger partial charge < -0.3 is 24.5 Å². The number of nitrogens with two attached hydrogens (primary N) is 1. The van der Waals surface area contributed by atoms with E-state index in [0.29, 0.717) is 34.1 Å². The summed E-state index contributed by atoms with van der Waals surface area (Å²) in [5.74, 6) is 1.87. The molecule has 0 bridgehead atoms. The molecule has 0 saturated heterocycles. The summed E-state index contributed by atoms with van der Waals surface area (Å²) in [6.07, 6.45) is 1.05. The predicted octanol–water partition coefficient (Wildman–Crippen LogP) is 4.81. The van der Waals surface area contributed by atoms with E-state index in [0.717, 1.165) is 0 Å². The molecule has 0 aliphatic carbocycles. The van der Waals surface area contributed by atoms with Crippen molar-refractivity contribution < 1.29 is 19.0 Å². The van der Waals surface area contributed by atoms with Crippen molar-refractivity contribution in [1.82, 2.24) is 4.57 Å². The highest BCUT2D eigenvalue weighted by Gasteiger charge is 2.23. The number of amides is 1. The number of carbonyl (C=O) groups is 1. The molecule has 8 nitrogen and oxygen atoms in total. The summed E-state index contributed by atoms with van der Waals surface area (Å²) >= 11 is 0. The van der Waals surface area contributed by atoms with Crippen LogP contribution in [0.5, 0.6) is 17.2 Å². The Morgan fingerprint density at radius 1 is 1.03 bits per heavy atom. The zero-order chi connectivity index (χ0) is 24.3. The van der Waals surface area contributed by atoms with E-state index in [1.54, 1.807) is 89.7 Å². The number of aromatic nitrogens is 1. The van der Waals surface area contributed by atoms with Gasteiger partial charge in [-0.1, -0.05) is 0 Å². The Morgan fingerprint density at radius 2 is 1.67 bits per heavy atom. The number of methoxy groups -OCH3 is 1. The van der Waals surface area contributed by atoms with E-state index in [4.69, 9.17) is 19.9 Å². The lowest BCUT2D eigenvalue weighted by Crippen LogP contribution is -2.37. The van der Waals surface area contributed by atoms with Crippen molar-refractivity contribution in [3.8, 4) is 28.4 Å². The fourth-order valence-electron chi connectivity index (χ4n) is 3.14. The van der Waals surface area contributed by atoms with Crippen molar-refractivity contribution in [3.63, 3.8) is 0 Å². The molecule has 174 valence electrons. The van der Waals surface area contributed by atoms with Gasteiger partial charge in [0.2, 0.25) is 0 Å². The average molecular weight is 452 g/mol. The number of ether oxygens (including phenoxy) is 3. The van der Waals surface area contributed by atoms with Gasteiger partial charge in [-0.3, -0.25) is 9.69 Å². The number of benzene rings is 2. The number of pyridine rings is 1. The first-order valence-corrected chi connectivity index (χ1v) is 10.4. The molecule has 2 aromatic carbocycles. The van der Waals surface area contributed by atoms with Crippen LogP contribution in [0, 0.1) is 0 Å². The Hall–Kier alpha value is -3.94. The molecule has 0 unspecified atom stereocenters. The monoisotopic (exact) mass is 451 g/mol. The summed E-state index contributed by atoms with van der Waals surface area (Å²) in [5.41, 5.74) is 7.04. The number of nitrogens with zero attached hydrogens (tertiary/aromatic N) is 2. The summed E-state index contributed by atoms with van der Waals surface area (Å²) in [4.78, 5) is 26.6. The Kier molecular flexibility index (Phi) is 6.67. The summed E-state index contributed by atoms with van der Waals surface area (Å²) in [6, 6.07) is 14.1. The molecule has 0 atom stereocenters. The molecule has 0 fully saturated rings. The normalized spacial score (nSPS) is 11.1. The number of anilines is 2. The molecule has 1 heterocycles. The molecule has 33 heavy (non-hydrogen) atoms. The number of carbonyl (C=O) groups excluding carboxylic acids is 1. The van der Waals surface area contributed by atoms with Crippen LogP contribution in [-0.2, 0) is 11.8 Å². The SMILES string of the molecule is COc1ccc(Oc2ccc(N)cc2-c2cc(N(C)C(=O)OC(C)(C)C)c(=O)n(C)c2)cc1. The molecule has 1 aromatic heterocycles. The van der Waals surface area contributed by atoms with Gasteiger partial charge in [0.1, 0.15) is 28.5 Å². The van der Waals surface area contributed by atoms with Gasteiger partial charge in [-0.15, -0.1) is 0 Å². The third kappa shape index (κ3) is 5.65. The zero-order valence-electron chi connectivity index (χ0n) is 19.7. The lowest BCUT2D eigenvalue weighted by atomic mass is 10.0. The first-order valence-electron chi connectivity index (χ1n) is 10.4. The smallest absolute Gasteiger partial charge is 0.414 e. The second kappa shape index (κ2) is 9.28. The molecule has 3 rings (SSSR count). The molecular weight excluding hydrogens is 422 g/mol. The van der Waals surface area contributed by atoms with E-state index in [-0.39, 0.29) is 11.2 Å². The Morgan fingerprint density at radius 3 is 2.27 bits per heavy atom. The maximum Gasteiger partial charge on any atom is 0.414 e. The van der Waals surface area contributed by atoms with Gasteiger partial charge in [0, 0.05) is 37.1 Å². The Bertz CT molecular complexity index is 1210. The Labute approximate surface area is 193 Å². The average Bonchev–Trinajstić information content (AvgIpc) is 2.75. The number of rotatable bonds is 5. The van der Waals surface area contributed by atoms with Crippen molar-refractivity contribution in [3.05, 3.63) is 65.1 Å². The highest BCUT2D eigenvalue weighted by Crippen LogP contribution is 2.36. The van der Waals surface area contributed by atoms with Crippen LogP contribution in [0.2, 0.25) is 0 Å². The lowest BCUT2D eigenvalue weighted by Gasteiger charge is -2.25. The maximum atomic E-state index is 12.8. The fourth-order valence-corrected chi connectivity index (χ4v) is 3.14. The van der Waals surface area contributed by atoms with Crippen LogP contribution in [0.4, 0.5) is 16.2 Å². The molecule has 1 amide bonds.